The molecule has 1 aliphatic heterocycles. The van der Waals surface area contributed by atoms with Crippen LogP contribution in [0.15, 0.2) is 0 Å². The Labute approximate surface area is 132 Å². The van der Waals surface area contributed by atoms with Gasteiger partial charge in [0.1, 0.15) is 11.4 Å². The fourth-order valence-electron chi connectivity index (χ4n) is 7.43. The highest BCUT2D eigenvalue weighted by atomic mass is 16.6. The van der Waals surface area contributed by atoms with E-state index in [0.29, 0.717) is 29.6 Å². The van der Waals surface area contributed by atoms with Crippen molar-refractivity contribution in [3.05, 3.63) is 0 Å². The second kappa shape index (κ2) is 3.97. The van der Waals surface area contributed by atoms with Gasteiger partial charge in [0.05, 0.1) is 12.2 Å². The number of Topliss-reactive ketones (excluding diaryl/α,β-unsaturated/α-hetero) is 1. The van der Waals surface area contributed by atoms with Crippen molar-refractivity contribution >= 4 is 5.78 Å². The predicted molar refractivity (Wildman–Crippen MR) is 82.2 cm³/mol. The lowest BCUT2D eigenvalue weighted by molar-refractivity contribution is -0.138. The molecule has 5 aliphatic rings. The molecule has 0 bridgehead atoms. The van der Waals surface area contributed by atoms with E-state index in [9.17, 15) is 9.90 Å². The standard InChI is InChI=1S/C19H28O3/c1-17-7-6-14-12(13(17)3-4-15(17)21)9-16-19(22-16)10-11(20)5-8-18(14,19)2/h11-14,16,20H,3-10H2,1-2H3/t11?,12-,13-,14+,16?,17-,18+,19?/m0/s1. The van der Waals surface area contributed by atoms with Gasteiger partial charge in [0, 0.05) is 23.7 Å². The first kappa shape index (κ1) is 14.0. The molecule has 0 aromatic rings. The van der Waals surface area contributed by atoms with Gasteiger partial charge in [-0.05, 0) is 56.3 Å². The van der Waals surface area contributed by atoms with Crippen molar-refractivity contribution in [2.24, 2.45) is 28.6 Å². The summed E-state index contributed by atoms with van der Waals surface area (Å²) in [4.78, 5) is 12.4. The van der Waals surface area contributed by atoms with Gasteiger partial charge in [-0.3, -0.25) is 4.79 Å². The van der Waals surface area contributed by atoms with Crippen molar-refractivity contribution in [2.75, 3.05) is 0 Å². The van der Waals surface area contributed by atoms with Gasteiger partial charge in [-0.1, -0.05) is 13.8 Å². The number of carbonyl (C=O) groups excluding carboxylic acids is 1. The maximum atomic E-state index is 12.4. The van der Waals surface area contributed by atoms with Gasteiger partial charge in [0.2, 0.25) is 0 Å². The molecule has 1 spiro atoms. The van der Waals surface area contributed by atoms with Gasteiger partial charge in [-0.2, -0.15) is 0 Å². The highest BCUT2D eigenvalue weighted by molar-refractivity contribution is 5.87. The Morgan fingerprint density at radius 2 is 1.95 bits per heavy atom. The van der Waals surface area contributed by atoms with Crippen LogP contribution < -0.4 is 0 Å². The molecule has 0 aromatic heterocycles. The van der Waals surface area contributed by atoms with Crippen molar-refractivity contribution in [1.29, 1.82) is 0 Å². The Kier molecular flexibility index (Phi) is 2.52. The van der Waals surface area contributed by atoms with Crippen LogP contribution in [-0.2, 0) is 9.53 Å². The fraction of sp³-hybridized carbons (Fsp3) is 0.947. The van der Waals surface area contributed by atoms with Crippen LogP contribution in [-0.4, -0.2) is 28.7 Å². The second-order valence-corrected chi connectivity index (χ2v) is 9.34. The van der Waals surface area contributed by atoms with Crippen LogP contribution in [0.3, 0.4) is 0 Å². The molecule has 0 amide bonds. The number of aliphatic hydroxyl groups is 1. The van der Waals surface area contributed by atoms with Crippen LogP contribution in [0.5, 0.6) is 0 Å². The zero-order valence-corrected chi connectivity index (χ0v) is 13.8. The van der Waals surface area contributed by atoms with E-state index in [1.54, 1.807) is 0 Å². The molecule has 1 heterocycles. The van der Waals surface area contributed by atoms with Crippen LogP contribution in [0.25, 0.3) is 0 Å². The van der Waals surface area contributed by atoms with E-state index < -0.39 is 0 Å². The fourth-order valence-corrected chi connectivity index (χ4v) is 7.43. The minimum Gasteiger partial charge on any atom is -0.393 e. The van der Waals surface area contributed by atoms with Crippen molar-refractivity contribution in [3.63, 3.8) is 0 Å². The molecule has 1 N–H and O–H groups in total. The number of fused-ring (bicyclic) bond motifs is 4. The number of aliphatic hydroxyl groups excluding tert-OH is 1. The van der Waals surface area contributed by atoms with Gasteiger partial charge in [-0.15, -0.1) is 0 Å². The highest BCUT2D eigenvalue weighted by Gasteiger charge is 2.76. The van der Waals surface area contributed by atoms with Gasteiger partial charge in [-0.25, -0.2) is 0 Å². The number of ether oxygens (including phenoxy) is 1. The minimum atomic E-state index is -0.170. The van der Waals surface area contributed by atoms with E-state index >= 15 is 0 Å². The number of hydrogen-bond donors (Lipinski definition) is 1. The normalized spacial score (nSPS) is 62.7. The topological polar surface area (TPSA) is 49.8 Å². The number of carbonyl (C=O) groups is 1. The highest BCUT2D eigenvalue weighted by Crippen LogP contribution is 2.72. The molecule has 8 atom stereocenters. The Morgan fingerprint density at radius 3 is 2.77 bits per heavy atom. The monoisotopic (exact) mass is 304 g/mol. The predicted octanol–water partition coefficient (Wildman–Crippen LogP) is 3.09. The van der Waals surface area contributed by atoms with Crippen LogP contribution >= 0.6 is 0 Å². The molecule has 22 heavy (non-hydrogen) atoms. The quantitative estimate of drug-likeness (QED) is 0.700. The summed E-state index contributed by atoms with van der Waals surface area (Å²) in [5, 5.41) is 10.2. The first-order valence-electron chi connectivity index (χ1n) is 9.30. The Hall–Kier alpha value is -0.410. The summed E-state index contributed by atoms with van der Waals surface area (Å²) in [6.07, 6.45) is 8.37. The molecule has 0 aromatic carbocycles. The van der Waals surface area contributed by atoms with Gasteiger partial charge in [0.25, 0.3) is 0 Å². The number of epoxide rings is 1. The van der Waals surface area contributed by atoms with E-state index in [1.807, 2.05) is 0 Å². The molecule has 4 saturated carbocycles. The molecule has 3 nitrogen and oxygen atoms in total. The molecule has 3 heteroatoms. The average molecular weight is 304 g/mol. The largest absolute Gasteiger partial charge is 0.393 e. The Bertz CT molecular complexity index is 545. The van der Waals surface area contributed by atoms with Crippen LogP contribution in [0.4, 0.5) is 0 Å². The molecule has 5 fully saturated rings. The summed E-state index contributed by atoms with van der Waals surface area (Å²) in [7, 11) is 0. The van der Waals surface area contributed by atoms with Crippen molar-refractivity contribution in [2.45, 2.75) is 83.0 Å². The Morgan fingerprint density at radius 1 is 1.14 bits per heavy atom. The zero-order chi connectivity index (χ0) is 15.3. The molecule has 0 radical (unpaired) electrons. The average Bonchev–Trinajstić information content (AvgIpc) is 3.08. The summed E-state index contributed by atoms with van der Waals surface area (Å²) in [6.45, 7) is 4.68. The number of hydrogen-bond acceptors (Lipinski definition) is 3. The van der Waals surface area contributed by atoms with E-state index in [4.69, 9.17) is 4.74 Å². The lowest BCUT2D eigenvalue weighted by Gasteiger charge is -2.58. The first-order valence-corrected chi connectivity index (χ1v) is 9.30. The maximum absolute atomic E-state index is 12.4. The smallest absolute Gasteiger partial charge is 0.139 e. The molecule has 122 valence electrons. The second-order valence-electron chi connectivity index (χ2n) is 9.34. The first-order chi connectivity index (χ1) is 10.4. The number of rotatable bonds is 0. The minimum absolute atomic E-state index is 0.0256. The number of ketones is 1. The van der Waals surface area contributed by atoms with Crippen molar-refractivity contribution < 1.29 is 14.6 Å². The summed E-state index contributed by atoms with van der Waals surface area (Å²) in [6, 6.07) is 0. The summed E-state index contributed by atoms with van der Waals surface area (Å²) >= 11 is 0. The van der Waals surface area contributed by atoms with E-state index in [-0.39, 0.29) is 22.5 Å². The van der Waals surface area contributed by atoms with Gasteiger partial charge in [0.15, 0.2) is 0 Å². The summed E-state index contributed by atoms with van der Waals surface area (Å²) in [5.41, 5.74) is 0.162. The lowest BCUT2D eigenvalue weighted by Crippen LogP contribution is -2.58. The van der Waals surface area contributed by atoms with E-state index in [0.717, 1.165) is 44.9 Å². The molecule has 5 rings (SSSR count). The molecular formula is C19H28O3. The maximum Gasteiger partial charge on any atom is 0.139 e. The SMILES string of the molecule is C[C@]12CC[C@@H]3[C@@H](CC4OC45CC(O)CC[C@]35C)[C@@H]1CCC2=O. The van der Waals surface area contributed by atoms with Gasteiger partial charge >= 0.3 is 0 Å². The summed E-state index contributed by atoms with van der Waals surface area (Å²) in [5.74, 6) is 2.48. The lowest BCUT2D eigenvalue weighted by atomic mass is 9.45. The van der Waals surface area contributed by atoms with E-state index in [1.165, 1.54) is 6.42 Å². The van der Waals surface area contributed by atoms with Crippen molar-refractivity contribution in [3.8, 4) is 0 Å². The summed E-state index contributed by atoms with van der Waals surface area (Å²) < 4.78 is 6.30. The third kappa shape index (κ3) is 1.40. The third-order valence-electron chi connectivity index (χ3n) is 8.77. The third-order valence-corrected chi connectivity index (χ3v) is 8.77. The van der Waals surface area contributed by atoms with Crippen molar-refractivity contribution in [1.82, 2.24) is 0 Å². The van der Waals surface area contributed by atoms with E-state index in [2.05, 4.69) is 13.8 Å². The molecule has 4 aliphatic carbocycles. The van der Waals surface area contributed by atoms with Crippen LogP contribution in [0.1, 0.15) is 65.2 Å². The molecule has 1 saturated heterocycles. The Balaban J connectivity index is 1.53. The molecular weight excluding hydrogens is 276 g/mol. The zero-order valence-electron chi connectivity index (χ0n) is 13.8. The van der Waals surface area contributed by atoms with Crippen LogP contribution in [0.2, 0.25) is 0 Å². The molecule has 3 unspecified atom stereocenters. The van der Waals surface area contributed by atoms with Crippen LogP contribution in [0, 0.1) is 28.6 Å². The van der Waals surface area contributed by atoms with Gasteiger partial charge < -0.3 is 9.84 Å².